The Labute approximate surface area is 111 Å². The van der Waals surface area contributed by atoms with Crippen LogP contribution >= 0.6 is 23.2 Å². The third-order valence-corrected chi connectivity index (χ3v) is 3.86. The largest absolute Gasteiger partial charge is 0.352 e. The van der Waals surface area contributed by atoms with Crippen molar-refractivity contribution in [2.45, 2.75) is 10.3 Å². The number of carbonyl (C=O) groups excluding carboxylic acids is 1. The molecule has 1 saturated carbocycles. The zero-order valence-electron chi connectivity index (χ0n) is 9.20. The molecule has 1 amide bonds. The number of amides is 1. The van der Waals surface area contributed by atoms with E-state index in [9.17, 15) is 4.79 Å². The zero-order chi connectivity index (χ0) is 12.5. The van der Waals surface area contributed by atoms with Gasteiger partial charge in [-0.25, -0.2) is 0 Å². The van der Waals surface area contributed by atoms with Crippen LogP contribution in [0.2, 0.25) is 0 Å². The van der Waals surface area contributed by atoms with Crippen LogP contribution in [0.1, 0.15) is 11.5 Å². The van der Waals surface area contributed by atoms with Gasteiger partial charge in [0.05, 0.1) is 5.92 Å². The number of rotatable bonds is 4. The van der Waals surface area contributed by atoms with Gasteiger partial charge in [0.2, 0.25) is 5.91 Å². The Morgan fingerprint density at radius 3 is 2.65 bits per heavy atom. The zero-order valence-corrected chi connectivity index (χ0v) is 10.7. The fourth-order valence-corrected chi connectivity index (χ4v) is 2.84. The summed E-state index contributed by atoms with van der Waals surface area (Å²) in [4.78, 5) is 11.8. The average Bonchev–Trinajstić information content (AvgIpc) is 2.90. The third-order valence-electron chi connectivity index (χ3n) is 2.92. The minimum atomic E-state index is -0.993. The Bertz CT molecular complexity index is 430. The molecule has 0 heterocycles. The van der Waals surface area contributed by atoms with Crippen molar-refractivity contribution >= 4 is 29.1 Å². The molecule has 0 bridgehead atoms. The van der Waals surface area contributed by atoms with E-state index in [0.29, 0.717) is 6.54 Å². The number of halogens is 2. The molecule has 2 unspecified atom stereocenters. The van der Waals surface area contributed by atoms with E-state index in [2.05, 4.69) is 11.9 Å². The van der Waals surface area contributed by atoms with Crippen LogP contribution < -0.4 is 5.32 Å². The van der Waals surface area contributed by atoms with Gasteiger partial charge in [-0.1, -0.05) is 36.4 Å². The second-order valence-electron chi connectivity index (χ2n) is 4.07. The lowest BCUT2D eigenvalue weighted by molar-refractivity contribution is -0.122. The molecule has 1 aliphatic rings. The molecular weight excluding hydrogens is 257 g/mol. The topological polar surface area (TPSA) is 29.1 Å². The molecule has 0 saturated heterocycles. The Morgan fingerprint density at radius 2 is 2.06 bits per heavy atom. The summed E-state index contributed by atoms with van der Waals surface area (Å²) in [6.45, 7) is 3.98. The quantitative estimate of drug-likeness (QED) is 0.661. The van der Waals surface area contributed by atoms with Gasteiger partial charge in [0.1, 0.15) is 4.33 Å². The van der Waals surface area contributed by atoms with Gasteiger partial charge in [0.15, 0.2) is 0 Å². The predicted octanol–water partition coefficient (Wildman–Crippen LogP) is 2.88. The van der Waals surface area contributed by atoms with E-state index >= 15 is 0 Å². The van der Waals surface area contributed by atoms with Gasteiger partial charge in [0, 0.05) is 12.5 Å². The van der Waals surface area contributed by atoms with Crippen LogP contribution in [-0.2, 0) is 4.79 Å². The summed E-state index contributed by atoms with van der Waals surface area (Å²) in [5, 5.41) is 2.72. The van der Waals surface area contributed by atoms with Crippen molar-refractivity contribution in [3.8, 4) is 0 Å². The van der Waals surface area contributed by atoms with Crippen molar-refractivity contribution in [1.82, 2.24) is 5.32 Å². The second-order valence-corrected chi connectivity index (χ2v) is 5.52. The number of hydrogen-bond donors (Lipinski definition) is 1. The van der Waals surface area contributed by atoms with Crippen LogP contribution in [-0.4, -0.2) is 16.8 Å². The van der Waals surface area contributed by atoms with Crippen LogP contribution in [0.25, 0.3) is 0 Å². The van der Waals surface area contributed by atoms with Gasteiger partial charge in [-0.2, -0.15) is 0 Å². The highest BCUT2D eigenvalue weighted by atomic mass is 35.5. The van der Waals surface area contributed by atoms with Crippen LogP contribution in [0.3, 0.4) is 0 Å². The minimum absolute atomic E-state index is 0.122. The molecule has 2 nitrogen and oxygen atoms in total. The maximum absolute atomic E-state index is 11.8. The molecule has 1 aliphatic carbocycles. The van der Waals surface area contributed by atoms with Crippen molar-refractivity contribution in [2.75, 3.05) is 6.54 Å². The Hall–Kier alpha value is -0.990. The maximum Gasteiger partial charge on any atom is 0.227 e. The smallest absolute Gasteiger partial charge is 0.227 e. The standard InChI is InChI=1S/C13H13Cl2NO/c1-2-8-16-12(17)11-10(13(11,14)15)9-6-4-3-5-7-9/h2-7,10-11H,1,8H2,(H,16,17). The van der Waals surface area contributed by atoms with Gasteiger partial charge in [-0.15, -0.1) is 29.8 Å². The van der Waals surface area contributed by atoms with Crippen molar-refractivity contribution in [3.63, 3.8) is 0 Å². The lowest BCUT2D eigenvalue weighted by Gasteiger charge is -2.00. The number of hydrogen-bond acceptors (Lipinski definition) is 1. The van der Waals surface area contributed by atoms with Crippen molar-refractivity contribution in [2.24, 2.45) is 5.92 Å². The minimum Gasteiger partial charge on any atom is -0.352 e. The molecule has 2 rings (SSSR count). The SMILES string of the molecule is C=CCNC(=O)C1C(c2ccccc2)C1(Cl)Cl. The molecule has 1 aromatic carbocycles. The summed E-state index contributed by atoms with van der Waals surface area (Å²) >= 11 is 12.3. The van der Waals surface area contributed by atoms with Crippen molar-refractivity contribution in [3.05, 3.63) is 48.6 Å². The fraction of sp³-hybridized carbons (Fsp3) is 0.308. The van der Waals surface area contributed by atoms with E-state index < -0.39 is 4.33 Å². The summed E-state index contributed by atoms with van der Waals surface area (Å²) in [6.07, 6.45) is 1.63. The summed E-state index contributed by atoms with van der Waals surface area (Å²) in [6, 6.07) is 9.62. The molecule has 1 aromatic rings. The Kier molecular flexibility index (Phi) is 3.45. The first-order chi connectivity index (χ1) is 8.09. The number of nitrogens with one attached hydrogen (secondary N) is 1. The highest BCUT2D eigenvalue weighted by Crippen LogP contribution is 2.64. The summed E-state index contributed by atoms with van der Waals surface area (Å²) in [7, 11) is 0. The molecule has 1 N–H and O–H groups in total. The fourth-order valence-electron chi connectivity index (χ4n) is 2.01. The molecule has 2 atom stereocenters. The average molecular weight is 270 g/mol. The Morgan fingerprint density at radius 1 is 1.41 bits per heavy atom. The van der Waals surface area contributed by atoms with E-state index in [1.54, 1.807) is 6.08 Å². The van der Waals surface area contributed by atoms with Gasteiger partial charge in [0.25, 0.3) is 0 Å². The monoisotopic (exact) mass is 269 g/mol. The lowest BCUT2D eigenvalue weighted by atomic mass is 10.1. The van der Waals surface area contributed by atoms with Gasteiger partial charge in [-0.05, 0) is 5.56 Å². The van der Waals surface area contributed by atoms with Gasteiger partial charge in [-0.3, -0.25) is 4.79 Å². The van der Waals surface area contributed by atoms with Crippen LogP contribution in [0.4, 0.5) is 0 Å². The molecule has 4 heteroatoms. The lowest BCUT2D eigenvalue weighted by Crippen LogP contribution is -2.26. The molecule has 1 fully saturated rings. The van der Waals surface area contributed by atoms with E-state index in [1.165, 1.54) is 0 Å². The van der Waals surface area contributed by atoms with Crippen LogP contribution in [0.5, 0.6) is 0 Å². The highest BCUT2D eigenvalue weighted by Gasteiger charge is 2.67. The molecular formula is C13H13Cl2NO. The summed E-state index contributed by atoms with van der Waals surface area (Å²) in [5.41, 5.74) is 0.997. The molecule has 0 aliphatic heterocycles. The van der Waals surface area contributed by atoms with Crippen molar-refractivity contribution in [1.29, 1.82) is 0 Å². The van der Waals surface area contributed by atoms with Crippen LogP contribution in [0, 0.1) is 5.92 Å². The number of carbonyl (C=O) groups is 1. The molecule has 0 aromatic heterocycles. The first-order valence-corrected chi connectivity index (χ1v) is 6.16. The Balaban J connectivity index is 2.11. The molecule has 0 radical (unpaired) electrons. The third kappa shape index (κ3) is 2.33. The number of benzene rings is 1. The van der Waals surface area contributed by atoms with Crippen LogP contribution in [0.15, 0.2) is 43.0 Å². The maximum atomic E-state index is 11.8. The van der Waals surface area contributed by atoms with E-state index in [1.807, 2.05) is 30.3 Å². The van der Waals surface area contributed by atoms with E-state index in [4.69, 9.17) is 23.2 Å². The molecule has 90 valence electrons. The normalized spacial score (nSPS) is 25.1. The van der Waals surface area contributed by atoms with Gasteiger partial charge < -0.3 is 5.32 Å². The first-order valence-electron chi connectivity index (χ1n) is 5.40. The summed E-state index contributed by atoms with van der Waals surface area (Å²) in [5.74, 6) is -0.631. The molecule has 0 spiro atoms. The molecule has 17 heavy (non-hydrogen) atoms. The number of alkyl halides is 2. The summed E-state index contributed by atoms with van der Waals surface area (Å²) < 4.78 is -0.993. The van der Waals surface area contributed by atoms with E-state index in [0.717, 1.165) is 5.56 Å². The first kappa shape index (κ1) is 12.5. The van der Waals surface area contributed by atoms with E-state index in [-0.39, 0.29) is 17.7 Å². The predicted molar refractivity (Wildman–Crippen MR) is 70.3 cm³/mol. The van der Waals surface area contributed by atoms with Crippen molar-refractivity contribution < 1.29 is 4.79 Å². The second kappa shape index (κ2) is 4.71. The van der Waals surface area contributed by atoms with Gasteiger partial charge >= 0.3 is 0 Å². The highest BCUT2D eigenvalue weighted by molar-refractivity contribution is 6.53.